The second-order valence-corrected chi connectivity index (χ2v) is 6.70. The van der Waals surface area contributed by atoms with Crippen molar-refractivity contribution in [3.05, 3.63) is 0 Å². The van der Waals surface area contributed by atoms with Crippen LogP contribution in [0.5, 0.6) is 0 Å². The van der Waals surface area contributed by atoms with Crippen LogP contribution in [0.4, 0.5) is 4.79 Å². The molecule has 3 heterocycles. The molecular weight excluding hydrogens is 346 g/mol. The van der Waals surface area contributed by atoms with Crippen LogP contribution in [0.1, 0.15) is 25.7 Å². The van der Waals surface area contributed by atoms with Crippen LogP contribution in [0.3, 0.4) is 0 Å². The van der Waals surface area contributed by atoms with Crippen molar-refractivity contribution in [2.24, 2.45) is 5.92 Å². The van der Waals surface area contributed by atoms with Gasteiger partial charge in [0, 0.05) is 13.1 Å². The van der Waals surface area contributed by atoms with Crippen molar-refractivity contribution >= 4 is 23.8 Å². The maximum atomic E-state index is 12.4. The molecule has 0 aromatic rings. The van der Waals surface area contributed by atoms with Crippen LogP contribution < -0.4 is 16.2 Å². The van der Waals surface area contributed by atoms with E-state index in [0.717, 1.165) is 24.4 Å². The normalized spacial score (nSPS) is 28.0. The first kappa shape index (κ1) is 18.4. The Balaban J connectivity index is 1.51. The molecular formula is C15H23N5O6. The van der Waals surface area contributed by atoms with Gasteiger partial charge in [0.05, 0.1) is 12.0 Å². The van der Waals surface area contributed by atoms with E-state index in [1.54, 1.807) is 0 Å². The van der Waals surface area contributed by atoms with Gasteiger partial charge >= 0.3 is 12.0 Å². The quantitative estimate of drug-likeness (QED) is 0.429. The van der Waals surface area contributed by atoms with Crippen LogP contribution in [0.15, 0.2) is 0 Å². The van der Waals surface area contributed by atoms with Gasteiger partial charge in [-0.3, -0.25) is 25.3 Å². The van der Waals surface area contributed by atoms with Gasteiger partial charge < -0.3 is 15.3 Å². The highest BCUT2D eigenvalue weighted by molar-refractivity contribution is 5.90. The first-order valence-electron chi connectivity index (χ1n) is 8.72. The maximum Gasteiger partial charge on any atom is 0.345 e. The highest BCUT2D eigenvalue weighted by Crippen LogP contribution is 2.30. The molecule has 3 aliphatic rings. The molecule has 26 heavy (non-hydrogen) atoms. The molecule has 0 aromatic heterocycles. The van der Waals surface area contributed by atoms with Crippen molar-refractivity contribution in [3.63, 3.8) is 0 Å². The number of nitrogens with one attached hydrogen (secondary N) is 3. The number of amides is 4. The summed E-state index contributed by atoms with van der Waals surface area (Å²) in [5.74, 6) is -2.08. The number of carboxylic acids is 1. The molecule has 3 aliphatic heterocycles. The van der Waals surface area contributed by atoms with Gasteiger partial charge in [0.25, 0.3) is 5.91 Å². The summed E-state index contributed by atoms with van der Waals surface area (Å²) in [6.45, 7) is 1.14. The Morgan fingerprint density at radius 1 is 1.19 bits per heavy atom. The summed E-state index contributed by atoms with van der Waals surface area (Å²) in [5, 5.41) is 12.9. The standard InChI is InChI=1S/C15H23N5O6/c21-12(22)8-26-20-10-3-4-11(19(7-10)15(20)25)14(24)18-17-13(23)9-2-1-5-16-6-9/h9-11,16H,1-8H2,(H,17,23)(H,18,24)(H,21,22)/t9-,10+,11-/m1/s1. The molecule has 2 bridgehead atoms. The van der Waals surface area contributed by atoms with Gasteiger partial charge in [-0.25, -0.2) is 9.59 Å². The number of fused-ring (bicyclic) bond motifs is 2. The largest absolute Gasteiger partial charge is 0.479 e. The number of hydrogen-bond donors (Lipinski definition) is 4. The van der Waals surface area contributed by atoms with Crippen molar-refractivity contribution in [1.29, 1.82) is 0 Å². The van der Waals surface area contributed by atoms with E-state index in [4.69, 9.17) is 9.94 Å². The Hall–Kier alpha value is -2.40. The van der Waals surface area contributed by atoms with Gasteiger partial charge in [-0.1, -0.05) is 0 Å². The molecule has 3 saturated heterocycles. The number of urea groups is 1. The number of nitrogens with zero attached hydrogens (tertiary/aromatic N) is 2. The Morgan fingerprint density at radius 3 is 2.65 bits per heavy atom. The van der Waals surface area contributed by atoms with Gasteiger partial charge in [0.15, 0.2) is 6.61 Å². The van der Waals surface area contributed by atoms with Crippen LogP contribution in [0.2, 0.25) is 0 Å². The number of carboxylic acid groups (broad SMARTS) is 1. The van der Waals surface area contributed by atoms with E-state index in [1.165, 1.54) is 4.90 Å². The summed E-state index contributed by atoms with van der Waals surface area (Å²) in [6.07, 6.45) is 2.60. The van der Waals surface area contributed by atoms with E-state index in [0.29, 0.717) is 19.4 Å². The highest BCUT2D eigenvalue weighted by Gasteiger charge is 2.48. The third-order valence-electron chi connectivity index (χ3n) is 4.93. The minimum absolute atomic E-state index is 0.187. The predicted octanol–water partition coefficient (Wildman–Crippen LogP) is -1.58. The summed E-state index contributed by atoms with van der Waals surface area (Å²) in [4.78, 5) is 53.8. The number of carbonyl (C=O) groups is 4. The molecule has 11 heteroatoms. The lowest BCUT2D eigenvalue weighted by Gasteiger charge is -2.29. The van der Waals surface area contributed by atoms with Gasteiger partial charge in [-0.05, 0) is 32.2 Å². The number of aliphatic carboxylic acids is 1. The second-order valence-electron chi connectivity index (χ2n) is 6.70. The topological polar surface area (TPSA) is 140 Å². The van der Waals surface area contributed by atoms with Gasteiger partial charge in [0.2, 0.25) is 5.91 Å². The van der Waals surface area contributed by atoms with E-state index in [9.17, 15) is 19.2 Å². The lowest BCUT2D eigenvalue weighted by atomic mass is 9.99. The van der Waals surface area contributed by atoms with Crippen molar-refractivity contribution in [2.45, 2.75) is 37.8 Å². The van der Waals surface area contributed by atoms with Crippen molar-refractivity contribution < 1.29 is 29.1 Å². The van der Waals surface area contributed by atoms with E-state index < -0.39 is 30.6 Å². The molecule has 0 radical (unpaired) electrons. The SMILES string of the molecule is O=C(O)CON1C(=O)N2C[C@@H]1CC[C@@H]2C(=O)NNC(=O)[C@@H]1CCCNC1. The molecule has 3 rings (SSSR count). The lowest BCUT2D eigenvalue weighted by Crippen LogP contribution is -2.55. The lowest BCUT2D eigenvalue weighted by molar-refractivity contribution is -0.167. The minimum Gasteiger partial charge on any atom is -0.479 e. The number of hydrazine groups is 1. The number of rotatable bonds is 5. The predicted molar refractivity (Wildman–Crippen MR) is 86.2 cm³/mol. The zero-order valence-electron chi connectivity index (χ0n) is 14.3. The Kier molecular flexibility index (Phi) is 5.57. The van der Waals surface area contributed by atoms with Crippen molar-refractivity contribution in [1.82, 2.24) is 26.1 Å². The van der Waals surface area contributed by atoms with E-state index >= 15 is 0 Å². The Morgan fingerprint density at radius 2 is 1.96 bits per heavy atom. The zero-order valence-corrected chi connectivity index (χ0v) is 14.3. The summed E-state index contributed by atoms with van der Waals surface area (Å²) in [7, 11) is 0. The number of piperidine rings is 2. The summed E-state index contributed by atoms with van der Waals surface area (Å²) >= 11 is 0. The number of carbonyl (C=O) groups excluding carboxylic acids is 3. The van der Waals surface area contributed by atoms with Gasteiger partial charge in [0.1, 0.15) is 6.04 Å². The fourth-order valence-corrected chi connectivity index (χ4v) is 3.58. The molecule has 3 fully saturated rings. The van der Waals surface area contributed by atoms with Crippen LogP contribution >= 0.6 is 0 Å². The maximum absolute atomic E-state index is 12.4. The highest BCUT2D eigenvalue weighted by atomic mass is 16.7. The van der Waals surface area contributed by atoms with Crippen molar-refractivity contribution in [3.8, 4) is 0 Å². The van der Waals surface area contributed by atoms with E-state index in [1.807, 2.05) is 0 Å². The number of hydroxylamine groups is 2. The first-order valence-corrected chi connectivity index (χ1v) is 8.72. The summed E-state index contributed by atoms with van der Waals surface area (Å²) in [5.41, 5.74) is 4.84. The van der Waals surface area contributed by atoms with Crippen LogP contribution in [0, 0.1) is 5.92 Å². The van der Waals surface area contributed by atoms with Crippen molar-refractivity contribution in [2.75, 3.05) is 26.2 Å². The van der Waals surface area contributed by atoms with Crippen LogP contribution in [-0.4, -0.2) is 77.2 Å². The minimum atomic E-state index is -1.18. The average Bonchev–Trinajstić information content (AvgIpc) is 2.88. The van der Waals surface area contributed by atoms with Crippen LogP contribution in [-0.2, 0) is 19.2 Å². The zero-order chi connectivity index (χ0) is 18.7. The Labute approximate surface area is 149 Å². The average molecular weight is 369 g/mol. The fourth-order valence-electron chi connectivity index (χ4n) is 3.58. The molecule has 11 nitrogen and oxygen atoms in total. The third kappa shape index (κ3) is 3.88. The molecule has 0 aliphatic carbocycles. The first-order chi connectivity index (χ1) is 12.5. The summed E-state index contributed by atoms with van der Waals surface area (Å²) in [6, 6.07) is -1.52. The van der Waals surface area contributed by atoms with Gasteiger partial charge in [-0.15, -0.1) is 0 Å². The van der Waals surface area contributed by atoms with Crippen LogP contribution in [0.25, 0.3) is 0 Å². The smallest absolute Gasteiger partial charge is 0.345 e. The molecule has 0 aromatic carbocycles. The van der Waals surface area contributed by atoms with E-state index in [2.05, 4.69) is 16.2 Å². The van der Waals surface area contributed by atoms with Gasteiger partial charge in [-0.2, -0.15) is 5.06 Å². The molecule has 4 N–H and O–H groups in total. The summed E-state index contributed by atoms with van der Waals surface area (Å²) < 4.78 is 0. The number of hydrogen-bond acceptors (Lipinski definition) is 6. The second kappa shape index (κ2) is 7.87. The fraction of sp³-hybridized carbons (Fsp3) is 0.733. The third-order valence-corrected chi connectivity index (χ3v) is 4.93. The molecule has 0 spiro atoms. The molecule has 144 valence electrons. The molecule has 3 atom stereocenters. The van der Waals surface area contributed by atoms with E-state index in [-0.39, 0.29) is 24.4 Å². The molecule has 4 amide bonds. The Bertz CT molecular complexity index is 593. The molecule has 0 saturated carbocycles. The molecule has 0 unspecified atom stereocenters. The monoisotopic (exact) mass is 369 g/mol.